The number of rotatable bonds is 9. The molecule has 0 unspecified atom stereocenters. The number of Topliss-reactive ketones (excluding diaryl/α,β-unsaturated/α-hetero) is 2. The largest absolute Gasteiger partial charge is 0.455 e. The van der Waals surface area contributed by atoms with Gasteiger partial charge in [-0.05, 0) is 66.8 Å². The highest BCUT2D eigenvalue weighted by Crippen LogP contribution is 2.51. The highest BCUT2D eigenvalue weighted by atomic mass is 16.5. The molecule has 0 radical (unpaired) electrons. The first-order valence-electron chi connectivity index (χ1n) is 14.5. The molecule has 7 rings (SSSR count). The average Bonchev–Trinajstić information content (AvgIpc) is 3.46. The van der Waals surface area contributed by atoms with Crippen LogP contribution >= 0.6 is 0 Å². The van der Waals surface area contributed by atoms with Crippen LogP contribution in [0.1, 0.15) is 64.8 Å². The van der Waals surface area contributed by atoms with Gasteiger partial charge in [-0.2, -0.15) is 4.98 Å². The third kappa shape index (κ3) is 4.87. The Morgan fingerprint density at radius 3 is 2.44 bits per heavy atom. The first-order valence-corrected chi connectivity index (χ1v) is 14.5. The van der Waals surface area contributed by atoms with Crippen molar-refractivity contribution in [2.75, 3.05) is 0 Å². The number of furan rings is 1. The zero-order valence-corrected chi connectivity index (χ0v) is 24.0. The number of carbonyl (C=O) groups is 2. The molecule has 6 aromatic rings. The van der Waals surface area contributed by atoms with Crippen molar-refractivity contribution >= 4 is 22.5 Å². The Labute approximate surface area is 248 Å². The van der Waals surface area contributed by atoms with Gasteiger partial charge in [0.2, 0.25) is 11.7 Å². The van der Waals surface area contributed by atoms with Gasteiger partial charge in [0.05, 0.1) is 11.0 Å². The lowest BCUT2D eigenvalue weighted by Gasteiger charge is -2.12. The molecule has 1 aliphatic rings. The van der Waals surface area contributed by atoms with Crippen LogP contribution in [0.3, 0.4) is 0 Å². The van der Waals surface area contributed by atoms with Crippen molar-refractivity contribution in [1.82, 2.24) is 15.1 Å². The summed E-state index contributed by atoms with van der Waals surface area (Å²) in [5.41, 5.74) is 5.82. The van der Waals surface area contributed by atoms with E-state index >= 15 is 0 Å². The predicted molar refractivity (Wildman–Crippen MR) is 164 cm³/mol. The lowest BCUT2D eigenvalue weighted by Crippen LogP contribution is -2.14. The van der Waals surface area contributed by atoms with Crippen LogP contribution in [-0.4, -0.2) is 26.7 Å². The molecule has 1 aliphatic carbocycles. The van der Waals surface area contributed by atoms with Gasteiger partial charge in [-0.25, -0.2) is 0 Å². The maximum atomic E-state index is 13.6. The standard InChI is InChI=1S/C36H29N3O4/c1-3-29(40)32-27-19-24(14-15-31(27)42-33(32)23-9-5-4-6-10-23)26-20-25(13-12-22(26)2)30(41)21-36(16-17-36)35-38-34(39-43-35)28-11-7-8-18-37-28/h4-15,18-20H,3,16-17,21H2,1-2H3. The third-order valence-corrected chi connectivity index (χ3v) is 8.32. The van der Waals surface area contributed by atoms with Crippen molar-refractivity contribution < 1.29 is 18.5 Å². The number of fused-ring (bicyclic) bond motifs is 1. The fourth-order valence-electron chi connectivity index (χ4n) is 5.68. The van der Waals surface area contributed by atoms with E-state index in [1.807, 2.05) is 98.8 Å². The number of pyridine rings is 1. The van der Waals surface area contributed by atoms with Crippen molar-refractivity contribution in [3.05, 3.63) is 114 Å². The number of nitrogens with zero attached hydrogens (tertiary/aromatic N) is 3. The van der Waals surface area contributed by atoms with E-state index in [0.717, 1.165) is 40.5 Å². The molecule has 3 aromatic carbocycles. The van der Waals surface area contributed by atoms with Crippen molar-refractivity contribution in [3.63, 3.8) is 0 Å². The van der Waals surface area contributed by atoms with Crippen LogP contribution in [0.15, 0.2) is 100 Å². The van der Waals surface area contributed by atoms with Gasteiger partial charge >= 0.3 is 0 Å². The summed E-state index contributed by atoms with van der Waals surface area (Å²) in [6, 6.07) is 26.9. The SMILES string of the molecule is CCC(=O)c1c(-c2ccccc2)oc2ccc(-c3cc(C(=O)CC4(c5nc(-c6ccccn6)no5)CC4)ccc3C)cc12. The zero-order valence-electron chi connectivity index (χ0n) is 24.0. The highest BCUT2D eigenvalue weighted by Gasteiger charge is 2.51. The summed E-state index contributed by atoms with van der Waals surface area (Å²) in [6.07, 6.45) is 3.97. The van der Waals surface area contributed by atoms with Crippen molar-refractivity contribution in [2.24, 2.45) is 0 Å². The Morgan fingerprint density at radius 2 is 1.70 bits per heavy atom. The minimum Gasteiger partial charge on any atom is -0.455 e. The first kappa shape index (κ1) is 26.7. The molecular formula is C36H29N3O4. The summed E-state index contributed by atoms with van der Waals surface area (Å²) >= 11 is 0. The van der Waals surface area contributed by atoms with Crippen LogP contribution in [0.4, 0.5) is 0 Å². The van der Waals surface area contributed by atoms with Gasteiger partial charge in [0.1, 0.15) is 17.0 Å². The molecule has 212 valence electrons. The lowest BCUT2D eigenvalue weighted by atomic mass is 9.91. The van der Waals surface area contributed by atoms with Crippen LogP contribution in [-0.2, 0) is 5.41 Å². The van der Waals surface area contributed by atoms with E-state index in [-0.39, 0.29) is 18.0 Å². The summed E-state index contributed by atoms with van der Waals surface area (Å²) in [5.74, 6) is 1.55. The number of hydrogen-bond donors (Lipinski definition) is 0. The highest BCUT2D eigenvalue weighted by molar-refractivity contribution is 6.12. The maximum Gasteiger partial charge on any atom is 0.233 e. The molecule has 3 aromatic heterocycles. The minimum absolute atomic E-state index is 0.0222. The van der Waals surface area contributed by atoms with E-state index in [2.05, 4.69) is 15.1 Å². The quantitative estimate of drug-likeness (QED) is 0.162. The molecule has 3 heterocycles. The molecule has 1 saturated carbocycles. The molecule has 7 heteroatoms. The fraction of sp³-hybridized carbons (Fsp3) is 0.194. The van der Waals surface area contributed by atoms with Crippen LogP contribution in [0.5, 0.6) is 0 Å². The number of ketones is 2. The number of hydrogen-bond acceptors (Lipinski definition) is 7. The van der Waals surface area contributed by atoms with Crippen LogP contribution in [0, 0.1) is 6.92 Å². The Kier molecular flexibility index (Phi) is 6.58. The molecular weight excluding hydrogens is 538 g/mol. The Morgan fingerprint density at radius 1 is 0.884 bits per heavy atom. The molecule has 0 spiro atoms. The summed E-state index contributed by atoms with van der Waals surface area (Å²) < 4.78 is 11.8. The number of carbonyl (C=O) groups excluding carboxylic acids is 2. The molecule has 0 saturated heterocycles. The molecule has 0 amide bonds. The van der Waals surface area contributed by atoms with Crippen LogP contribution in [0.2, 0.25) is 0 Å². The Hall–Kier alpha value is -5.17. The topological polar surface area (TPSA) is 99.1 Å². The molecule has 1 fully saturated rings. The van der Waals surface area contributed by atoms with Crippen molar-refractivity contribution in [2.45, 2.75) is 44.9 Å². The van der Waals surface area contributed by atoms with Gasteiger partial charge < -0.3 is 8.94 Å². The van der Waals surface area contributed by atoms with Gasteiger partial charge in [0.15, 0.2) is 11.6 Å². The Balaban J connectivity index is 1.21. The van der Waals surface area contributed by atoms with E-state index in [1.165, 1.54) is 0 Å². The second-order valence-corrected chi connectivity index (χ2v) is 11.2. The maximum absolute atomic E-state index is 13.6. The molecule has 0 aliphatic heterocycles. The fourth-order valence-corrected chi connectivity index (χ4v) is 5.68. The van der Waals surface area contributed by atoms with Crippen LogP contribution < -0.4 is 0 Å². The summed E-state index contributed by atoms with van der Waals surface area (Å²) in [6.45, 7) is 3.88. The molecule has 0 N–H and O–H groups in total. The second-order valence-electron chi connectivity index (χ2n) is 11.2. The smallest absolute Gasteiger partial charge is 0.233 e. The van der Waals surface area contributed by atoms with Gasteiger partial charge in [0, 0.05) is 35.6 Å². The average molecular weight is 568 g/mol. The molecule has 0 atom stereocenters. The summed E-state index contributed by atoms with van der Waals surface area (Å²) in [5, 5.41) is 4.89. The van der Waals surface area contributed by atoms with E-state index in [1.54, 1.807) is 6.20 Å². The second kappa shape index (κ2) is 10.6. The van der Waals surface area contributed by atoms with Crippen molar-refractivity contribution in [1.29, 1.82) is 0 Å². The van der Waals surface area contributed by atoms with Gasteiger partial charge in [-0.15, -0.1) is 0 Å². The van der Waals surface area contributed by atoms with Gasteiger partial charge in [-0.1, -0.05) is 66.7 Å². The summed E-state index contributed by atoms with van der Waals surface area (Å²) in [4.78, 5) is 35.7. The predicted octanol–water partition coefficient (Wildman–Crippen LogP) is 8.42. The molecule has 7 nitrogen and oxygen atoms in total. The van der Waals surface area contributed by atoms with Gasteiger partial charge in [-0.3, -0.25) is 14.6 Å². The molecule has 43 heavy (non-hydrogen) atoms. The Bertz CT molecular complexity index is 1990. The number of benzene rings is 3. The monoisotopic (exact) mass is 567 g/mol. The van der Waals surface area contributed by atoms with Gasteiger partial charge in [0.25, 0.3) is 0 Å². The van der Waals surface area contributed by atoms with Crippen molar-refractivity contribution in [3.8, 4) is 34.0 Å². The first-order chi connectivity index (χ1) is 21.0. The normalized spacial score (nSPS) is 13.7. The van der Waals surface area contributed by atoms with E-state index in [4.69, 9.17) is 8.94 Å². The molecule has 0 bridgehead atoms. The third-order valence-electron chi connectivity index (χ3n) is 8.32. The number of aromatic nitrogens is 3. The summed E-state index contributed by atoms with van der Waals surface area (Å²) in [7, 11) is 0. The minimum atomic E-state index is -0.443. The zero-order chi connectivity index (χ0) is 29.6. The van der Waals surface area contributed by atoms with E-state index in [9.17, 15) is 9.59 Å². The lowest BCUT2D eigenvalue weighted by molar-refractivity contribution is 0.0961. The van der Waals surface area contributed by atoms with E-state index in [0.29, 0.717) is 46.3 Å². The van der Waals surface area contributed by atoms with Crippen LogP contribution in [0.25, 0.3) is 44.9 Å². The van der Waals surface area contributed by atoms with E-state index < -0.39 is 5.41 Å². The number of aryl methyl sites for hydroxylation is 1.